The summed E-state index contributed by atoms with van der Waals surface area (Å²) in [6, 6.07) is 8.84. The van der Waals surface area contributed by atoms with Gasteiger partial charge in [-0.2, -0.15) is 11.8 Å². The minimum Gasteiger partial charge on any atom is -0.461 e. The van der Waals surface area contributed by atoms with Crippen LogP contribution in [0.2, 0.25) is 0 Å². The van der Waals surface area contributed by atoms with Crippen molar-refractivity contribution in [2.75, 3.05) is 12.0 Å². The van der Waals surface area contributed by atoms with Gasteiger partial charge < -0.3 is 9.73 Å². The predicted molar refractivity (Wildman–Crippen MR) is 80.3 cm³/mol. The van der Waals surface area contributed by atoms with Crippen LogP contribution in [-0.2, 0) is 6.54 Å². The quantitative estimate of drug-likeness (QED) is 0.853. The van der Waals surface area contributed by atoms with Gasteiger partial charge in [-0.15, -0.1) is 0 Å². The van der Waals surface area contributed by atoms with E-state index in [1.807, 2.05) is 30.8 Å². The molecular weight excluding hydrogens is 242 g/mol. The average Bonchev–Trinajstić information content (AvgIpc) is 2.70. The van der Waals surface area contributed by atoms with Crippen LogP contribution >= 0.6 is 11.8 Å². The number of thioether (sulfide) groups is 1. The van der Waals surface area contributed by atoms with Crippen LogP contribution in [0.15, 0.2) is 28.7 Å². The standard InChI is InChI=1S/C15H21NOS/c1-4-12(10-18-3)16-9-14-11(2)17-15-8-6-5-7-13(14)15/h5-8,12,16H,4,9-10H2,1-3H3. The molecule has 0 fully saturated rings. The maximum Gasteiger partial charge on any atom is 0.134 e. The van der Waals surface area contributed by atoms with E-state index in [4.69, 9.17) is 4.42 Å². The number of hydrogen-bond donors (Lipinski definition) is 1. The molecule has 0 spiro atoms. The third kappa shape index (κ3) is 2.90. The van der Waals surface area contributed by atoms with Crippen LogP contribution in [-0.4, -0.2) is 18.1 Å². The number of para-hydroxylation sites is 1. The Morgan fingerprint density at radius 1 is 1.33 bits per heavy atom. The number of hydrogen-bond acceptors (Lipinski definition) is 3. The summed E-state index contributed by atoms with van der Waals surface area (Å²) >= 11 is 1.89. The normalized spacial score (nSPS) is 13.1. The summed E-state index contributed by atoms with van der Waals surface area (Å²) in [4.78, 5) is 0. The van der Waals surface area contributed by atoms with Gasteiger partial charge in [0.05, 0.1) is 0 Å². The largest absolute Gasteiger partial charge is 0.461 e. The Labute approximate surface area is 113 Å². The Hall–Kier alpha value is -0.930. The zero-order valence-corrected chi connectivity index (χ0v) is 12.1. The molecule has 0 saturated carbocycles. The Bertz CT molecular complexity index is 506. The minimum atomic E-state index is 0.577. The molecule has 1 heterocycles. The predicted octanol–water partition coefficient (Wildman–Crippen LogP) is 3.97. The molecule has 0 aliphatic carbocycles. The molecule has 0 aliphatic heterocycles. The minimum absolute atomic E-state index is 0.577. The highest BCUT2D eigenvalue weighted by atomic mass is 32.2. The molecule has 18 heavy (non-hydrogen) atoms. The molecular formula is C15H21NOS. The van der Waals surface area contributed by atoms with E-state index in [2.05, 4.69) is 30.6 Å². The lowest BCUT2D eigenvalue weighted by Gasteiger charge is -2.15. The number of nitrogens with one attached hydrogen (secondary N) is 1. The van der Waals surface area contributed by atoms with Gasteiger partial charge in [-0.05, 0) is 25.7 Å². The van der Waals surface area contributed by atoms with Crippen molar-refractivity contribution in [1.29, 1.82) is 0 Å². The molecule has 2 nitrogen and oxygen atoms in total. The summed E-state index contributed by atoms with van der Waals surface area (Å²) < 4.78 is 5.78. The summed E-state index contributed by atoms with van der Waals surface area (Å²) in [5, 5.41) is 4.86. The van der Waals surface area contributed by atoms with Crippen molar-refractivity contribution in [3.63, 3.8) is 0 Å². The van der Waals surface area contributed by atoms with E-state index in [0.29, 0.717) is 6.04 Å². The van der Waals surface area contributed by atoms with E-state index < -0.39 is 0 Å². The van der Waals surface area contributed by atoms with E-state index in [-0.39, 0.29) is 0 Å². The smallest absolute Gasteiger partial charge is 0.134 e. The van der Waals surface area contributed by atoms with Crippen LogP contribution in [0.25, 0.3) is 11.0 Å². The molecule has 1 aromatic heterocycles. The third-order valence-electron chi connectivity index (χ3n) is 3.33. The highest BCUT2D eigenvalue weighted by molar-refractivity contribution is 7.98. The fourth-order valence-corrected chi connectivity index (χ4v) is 2.97. The van der Waals surface area contributed by atoms with Crippen LogP contribution in [0.3, 0.4) is 0 Å². The fourth-order valence-electron chi connectivity index (χ4n) is 2.21. The van der Waals surface area contributed by atoms with Gasteiger partial charge in [0.25, 0.3) is 0 Å². The van der Waals surface area contributed by atoms with E-state index in [1.54, 1.807) is 0 Å². The number of fused-ring (bicyclic) bond motifs is 1. The van der Waals surface area contributed by atoms with Crippen molar-refractivity contribution in [2.24, 2.45) is 0 Å². The number of furan rings is 1. The first-order valence-electron chi connectivity index (χ1n) is 6.45. The second-order valence-corrected chi connectivity index (χ2v) is 5.49. The van der Waals surface area contributed by atoms with Gasteiger partial charge in [-0.3, -0.25) is 0 Å². The van der Waals surface area contributed by atoms with Gasteiger partial charge in [0, 0.05) is 29.3 Å². The maximum absolute atomic E-state index is 5.78. The van der Waals surface area contributed by atoms with Gasteiger partial charge in [-0.25, -0.2) is 0 Å². The van der Waals surface area contributed by atoms with Crippen LogP contribution in [0.4, 0.5) is 0 Å². The topological polar surface area (TPSA) is 25.2 Å². The maximum atomic E-state index is 5.78. The zero-order valence-electron chi connectivity index (χ0n) is 11.3. The molecule has 1 atom stereocenters. The molecule has 2 rings (SSSR count). The summed E-state index contributed by atoms with van der Waals surface area (Å²) in [7, 11) is 0. The molecule has 0 saturated heterocycles. The highest BCUT2D eigenvalue weighted by Crippen LogP contribution is 2.25. The van der Waals surface area contributed by atoms with Crippen molar-refractivity contribution in [1.82, 2.24) is 5.32 Å². The fraction of sp³-hybridized carbons (Fsp3) is 0.467. The lowest BCUT2D eigenvalue weighted by Crippen LogP contribution is -2.30. The Kier molecular flexibility index (Phi) is 4.72. The SMILES string of the molecule is CCC(CSC)NCc1c(C)oc2ccccc12. The zero-order chi connectivity index (χ0) is 13.0. The van der Waals surface area contributed by atoms with Gasteiger partial charge in [0.2, 0.25) is 0 Å². The van der Waals surface area contributed by atoms with Gasteiger partial charge in [0.15, 0.2) is 0 Å². The molecule has 0 radical (unpaired) electrons. The second kappa shape index (κ2) is 6.30. The molecule has 98 valence electrons. The molecule has 0 amide bonds. The van der Waals surface area contributed by atoms with Crippen molar-refractivity contribution >= 4 is 22.7 Å². The van der Waals surface area contributed by atoms with Gasteiger partial charge in [-0.1, -0.05) is 25.1 Å². The van der Waals surface area contributed by atoms with E-state index in [9.17, 15) is 0 Å². The first-order valence-corrected chi connectivity index (χ1v) is 7.85. The molecule has 1 N–H and O–H groups in total. The summed E-state index contributed by atoms with van der Waals surface area (Å²) in [5.41, 5.74) is 2.29. The highest BCUT2D eigenvalue weighted by Gasteiger charge is 2.12. The number of aryl methyl sites for hydroxylation is 1. The molecule has 0 bridgehead atoms. The number of rotatable bonds is 6. The van der Waals surface area contributed by atoms with Crippen molar-refractivity contribution in [2.45, 2.75) is 32.9 Å². The first-order chi connectivity index (χ1) is 8.76. The lowest BCUT2D eigenvalue weighted by molar-refractivity contribution is 0.526. The average molecular weight is 263 g/mol. The molecule has 1 aromatic carbocycles. The third-order valence-corrected chi connectivity index (χ3v) is 4.06. The molecule has 2 aromatic rings. The van der Waals surface area contributed by atoms with Crippen molar-refractivity contribution in [3.05, 3.63) is 35.6 Å². The molecule has 0 aliphatic rings. The van der Waals surface area contributed by atoms with Crippen LogP contribution in [0.1, 0.15) is 24.7 Å². The van der Waals surface area contributed by atoms with Crippen molar-refractivity contribution < 1.29 is 4.42 Å². The first kappa shape index (κ1) is 13.5. The number of benzene rings is 1. The van der Waals surface area contributed by atoms with E-state index in [1.165, 1.54) is 10.9 Å². The summed E-state index contributed by atoms with van der Waals surface area (Å²) in [6.45, 7) is 5.17. The van der Waals surface area contributed by atoms with Crippen LogP contribution in [0.5, 0.6) is 0 Å². The summed E-state index contributed by atoms with van der Waals surface area (Å²) in [6.07, 6.45) is 3.32. The Balaban J connectivity index is 2.13. The Morgan fingerprint density at radius 3 is 2.83 bits per heavy atom. The molecule has 3 heteroatoms. The van der Waals surface area contributed by atoms with E-state index in [0.717, 1.165) is 30.1 Å². The van der Waals surface area contributed by atoms with Crippen molar-refractivity contribution in [3.8, 4) is 0 Å². The van der Waals surface area contributed by atoms with Crippen LogP contribution in [0, 0.1) is 6.92 Å². The van der Waals surface area contributed by atoms with Crippen LogP contribution < -0.4 is 5.32 Å². The monoisotopic (exact) mass is 263 g/mol. The van der Waals surface area contributed by atoms with Gasteiger partial charge >= 0.3 is 0 Å². The lowest BCUT2D eigenvalue weighted by atomic mass is 10.1. The summed E-state index contributed by atoms with van der Waals surface area (Å²) in [5.74, 6) is 2.19. The Morgan fingerprint density at radius 2 is 2.11 bits per heavy atom. The molecule has 1 unspecified atom stereocenters. The second-order valence-electron chi connectivity index (χ2n) is 4.57. The van der Waals surface area contributed by atoms with E-state index >= 15 is 0 Å². The van der Waals surface area contributed by atoms with Gasteiger partial charge in [0.1, 0.15) is 11.3 Å².